The Bertz CT molecular complexity index is 271. The average molecular weight is 200 g/mol. The molecule has 1 saturated carbocycles. The molecule has 3 nitrogen and oxygen atoms in total. The minimum Gasteiger partial charge on any atom is -0.489 e. The zero-order chi connectivity index (χ0) is 9.26. The van der Waals surface area contributed by atoms with E-state index in [0.717, 1.165) is 19.1 Å². The van der Waals surface area contributed by atoms with Gasteiger partial charge in [-0.25, -0.2) is 0 Å². The molecule has 0 aromatic heterocycles. The third-order valence-electron chi connectivity index (χ3n) is 2.00. The monoisotopic (exact) mass is 199 g/mol. The normalized spacial score (nSPS) is 32.5. The molecule has 0 bridgehead atoms. The number of allylic oxidation sites excluding steroid dienone is 1. The summed E-state index contributed by atoms with van der Waals surface area (Å²) in [4.78, 5) is 14.5. The minimum atomic E-state index is -0.468. The number of halogens is 1. The van der Waals surface area contributed by atoms with Crippen molar-refractivity contribution in [3.8, 4) is 0 Å². The van der Waals surface area contributed by atoms with Gasteiger partial charge < -0.3 is 9.53 Å². The third-order valence-corrected chi connectivity index (χ3v) is 2.41. The molecule has 2 rings (SSSR count). The van der Waals surface area contributed by atoms with E-state index in [1.165, 1.54) is 0 Å². The Labute approximate surface area is 81.4 Å². The fraction of sp³-hybridized carbons (Fsp3) is 0.556. The Kier molecular flexibility index (Phi) is 2.36. The van der Waals surface area contributed by atoms with Crippen molar-refractivity contribution in [2.75, 3.05) is 0 Å². The predicted molar refractivity (Wildman–Crippen MR) is 49.9 cm³/mol. The molecule has 2 atom stereocenters. The van der Waals surface area contributed by atoms with Gasteiger partial charge in [0.05, 0.1) is 18.2 Å². The predicted octanol–water partition coefficient (Wildman–Crippen LogP) is 1.51. The molecule has 13 heavy (non-hydrogen) atoms. The van der Waals surface area contributed by atoms with E-state index in [4.69, 9.17) is 16.3 Å². The number of hydrogen-bond acceptors (Lipinski definition) is 3. The van der Waals surface area contributed by atoms with E-state index in [0.29, 0.717) is 11.9 Å². The smallest absolute Gasteiger partial charge is 0.136 e. The van der Waals surface area contributed by atoms with Crippen molar-refractivity contribution >= 4 is 24.1 Å². The minimum absolute atomic E-state index is 0.330. The largest absolute Gasteiger partial charge is 0.489 e. The quantitative estimate of drug-likeness (QED) is 0.393. The highest BCUT2D eigenvalue weighted by Crippen LogP contribution is 2.28. The number of aldehydes is 1. The number of dihydropyridines is 1. The summed E-state index contributed by atoms with van der Waals surface area (Å²) in [6.07, 6.45) is 6.65. The molecule has 0 radical (unpaired) electrons. The van der Waals surface area contributed by atoms with Gasteiger partial charge in [0.2, 0.25) is 0 Å². The first-order chi connectivity index (χ1) is 6.29. The van der Waals surface area contributed by atoms with Crippen molar-refractivity contribution < 1.29 is 9.53 Å². The van der Waals surface area contributed by atoms with Crippen LogP contribution in [-0.4, -0.2) is 24.1 Å². The zero-order valence-corrected chi connectivity index (χ0v) is 7.78. The van der Waals surface area contributed by atoms with Crippen LogP contribution < -0.4 is 0 Å². The molecule has 1 aliphatic heterocycles. The first-order valence-corrected chi connectivity index (χ1v) is 4.74. The average Bonchev–Trinajstić information content (AvgIpc) is 2.92. The summed E-state index contributed by atoms with van der Waals surface area (Å²) in [6.45, 7) is 0. The van der Waals surface area contributed by atoms with Crippen LogP contribution in [0.3, 0.4) is 0 Å². The van der Waals surface area contributed by atoms with E-state index in [2.05, 4.69) is 4.99 Å². The van der Waals surface area contributed by atoms with Crippen LogP contribution in [0.1, 0.15) is 12.8 Å². The van der Waals surface area contributed by atoms with Crippen LogP contribution in [0.25, 0.3) is 0 Å². The van der Waals surface area contributed by atoms with E-state index in [-0.39, 0.29) is 5.92 Å². The van der Waals surface area contributed by atoms with E-state index in [1.54, 1.807) is 12.3 Å². The summed E-state index contributed by atoms with van der Waals surface area (Å²) in [6, 6.07) is 0. The molecule has 0 N–H and O–H groups in total. The Morgan fingerprint density at radius 1 is 1.62 bits per heavy atom. The maximum atomic E-state index is 10.6. The fourth-order valence-corrected chi connectivity index (χ4v) is 1.30. The molecule has 0 aromatic carbocycles. The number of carbonyl (C=O) groups excluding carboxylic acids is 1. The summed E-state index contributed by atoms with van der Waals surface area (Å²) in [5.41, 5.74) is -0.468. The van der Waals surface area contributed by atoms with Gasteiger partial charge in [0.15, 0.2) is 0 Å². The maximum absolute atomic E-state index is 10.6. The molecule has 1 fully saturated rings. The Hall–Kier alpha value is -0.830. The van der Waals surface area contributed by atoms with Gasteiger partial charge in [-0.15, -0.1) is 0 Å². The second-order valence-corrected chi connectivity index (χ2v) is 3.70. The van der Waals surface area contributed by atoms with Crippen molar-refractivity contribution in [3.05, 3.63) is 11.8 Å². The first-order valence-electron chi connectivity index (χ1n) is 4.30. The van der Waals surface area contributed by atoms with Crippen LogP contribution in [0.15, 0.2) is 16.8 Å². The van der Waals surface area contributed by atoms with E-state index < -0.39 is 5.50 Å². The maximum Gasteiger partial charge on any atom is 0.136 e. The first kappa shape index (κ1) is 8.75. The summed E-state index contributed by atoms with van der Waals surface area (Å²) < 4.78 is 5.48. The number of nitrogens with zero attached hydrogens (tertiary/aromatic N) is 1. The number of ether oxygens (including phenoxy) is 1. The lowest BCUT2D eigenvalue weighted by Crippen LogP contribution is -2.18. The SMILES string of the molecule is O=CC1C=C(OC2CC2)C=NC1Cl. The molecule has 1 heterocycles. The van der Waals surface area contributed by atoms with Gasteiger partial charge in [0.1, 0.15) is 17.5 Å². The number of aliphatic imine (C=N–C) groups is 1. The molecule has 0 amide bonds. The number of carbonyl (C=O) groups is 1. The molecule has 1 aliphatic carbocycles. The molecular formula is C9H10ClNO2. The topological polar surface area (TPSA) is 38.7 Å². The lowest BCUT2D eigenvalue weighted by atomic mass is 10.1. The van der Waals surface area contributed by atoms with Crippen LogP contribution in [0.2, 0.25) is 0 Å². The zero-order valence-electron chi connectivity index (χ0n) is 7.02. The van der Waals surface area contributed by atoms with Gasteiger partial charge in [0, 0.05) is 0 Å². The molecule has 70 valence electrons. The number of hydrogen-bond donors (Lipinski definition) is 0. The molecule has 0 spiro atoms. The van der Waals surface area contributed by atoms with Crippen LogP contribution in [-0.2, 0) is 9.53 Å². The molecular weight excluding hydrogens is 190 g/mol. The van der Waals surface area contributed by atoms with Crippen LogP contribution in [0, 0.1) is 5.92 Å². The molecule has 2 unspecified atom stereocenters. The number of alkyl halides is 1. The highest BCUT2D eigenvalue weighted by molar-refractivity contribution is 6.22. The van der Waals surface area contributed by atoms with Gasteiger partial charge in [-0.2, -0.15) is 0 Å². The van der Waals surface area contributed by atoms with E-state index >= 15 is 0 Å². The second kappa shape index (κ2) is 3.50. The molecule has 4 heteroatoms. The third kappa shape index (κ3) is 2.10. The van der Waals surface area contributed by atoms with Crippen molar-refractivity contribution in [1.82, 2.24) is 0 Å². The van der Waals surface area contributed by atoms with Crippen molar-refractivity contribution in [2.45, 2.75) is 24.4 Å². The van der Waals surface area contributed by atoms with E-state index in [9.17, 15) is 4.79 Å². The van der Waals surface area contributed by atoms with Gasteiger partial charge in [-0.1, -0.05) is 11.6 Å². The van der Waals surface area contributed by atoms with Crippen LogP contribution in [0.4, 0.5) is 0 Å². The Balaban J connectivity index is 2.01. The summed E-state index contributed by atoms with van der Waals surface area (Å²) >= 11 is 5.77. The van der Waals surface area contributed by atoms with Crippen molar-refractivity contribution in [1.29, 1.82) is 0 Å². The standard InChI is InChI=1S/C9H10ClNO2/c10-9-6(5-12)3-8(4-11-9)13-7-1-2-7/h3-7,9H,1-2H2. The number of rotatable bonds is 3. The van der Waals surface area contributed by atoms with Gasteiger partial charge in [0.25, 0.3) is 0 Å². The highest BCUT2D eigenvalue weighted by Gasteiger charge is 2.26. The molecule has 0 saturated heterocycles. The van der Waals surface area contributed by atoms with Crippen LogP contribution >= 0.6 is 11.6 Å². The Morgan fingerprint density at radius 2 is 2.38 bits per heavy atom. The molecule has 0 aromatic rings. The second-order valence-electron chi connectivity index (χ2n) is 3.25. The van der Waals surface area contributed by atoms with Gasteiger partial charge >= 0.3 is 0 Å². The molecule has 2 aliphatic rings. The lowest BCUT2D eigenvalue weighted by molar-refractivity contribution is -0.110. The Morgan fingerprint density at radius 3 is 3.00 bits per heavy atom. The van der Waals surface area contributed by atoms with Crippen molar-refractivity contribution in [2.24, 2.45) is 10.9 Å². The van der Waals surface area contributed by atoms with Gasteiger partial charge in [-0.05, 0) is 18.9 Å². The highest BCUT2D eigenvalue weighted by atomic mass is 35.5. The fourth-order valence-electron chi connectivity index (χ4n) is 1.11. The van der Waals surface area contributed by atoms with Crippen LogP contribution in [0.5, 0.6) is 0 Å². The lowest BCUT2D eigenvalue weighted by Gasteiger charge is -2.15. The van der Waals surface area contributed by atoms with E-state index in [1.807, 2.05) is 0 Å². The summed E-state index contributed by atoms with van der Waals surface area (Å²) in [7, 11) is 0. The van der Waals surface area contributed by atoms with Gasteiger partial charge in [-0.3, -0.25) is 4.99 Å². The van der Waals surface area contributed by atoms with Crippen molar-refractivity contribution in [3.63, 3.8) is 0 Å². The summed E-state index contributed by atoms with van der Waals surface area (Å²) in [5, 5.41) is 0. The summed E-state index contributed by atoms with van der Waals surface area (Å²) in [5.74, 6) is 0.330.